The number of amides is 1. The van der Waals surface area contributed by atoms with E-state index in [2.05, 4.69) is 20.0 Å². The lowest BCUT2D eigenvalue weighted by Gasteiger charge is -2.26. The molecule has 33 heavy (non-hydrogen) atoms. The van der Waals surface area contributed by atoms with Crippen LogP contribution in [0.1, 0.15) is 25.1 Å². The Kier molecular flexibility index (Phi) is 7.46. The molecule has 1 aromatic carbocycles. The second-order valence-electron chi connectivity index (χ2n) is 7.61. The summed E-state index contributed by atoms with van der Waals surface area (Å²) in [6.07, 6.45) is 3.62. The van der Waals surface area contributed by atoms with E-state index >= 15 is 0 Å². The van der Waals surface area contributed by atoms with Crippen molar-refractivity contribution < 1.29 is 17.9 Å². The highest BCUT2D eigenvalue weighted by Gasteiger charge is 2.18. The van der Waals surface area contributed by atoms with Crippen LogP contribution < -0.4 is 9.46 Å². The van der Waals surface area contributed by atoms with Gasteiger partial charge in [0.25, 0.3) is 0 Å². The zero-order valence-corrected chi connectivity index (χ0v) is 19.9. The summed E-state index contributed by atoms with van der Waals surface area (Å²) in [5.74, 6) is 1.57. The number of rotatable bonds is 9. The number of piperidine rings is 1. The SMILES string of the molecule is COc1ccc(S(=O)(=O)NCCc2nnc3ccc(SCC(=O)N4CCCCC4)nn23)cc1. The summed E-state index contributed by atoms with van der Waals surface area (Å²) in [6.45, 7) is 1.80. The van der Waals surface area contributed by atoms with Crippen LogP contribution in [0.15, 0.2) is 46.3 Å². The van der Waals surface area contributed by atoms with Crippen molar-refractivity contribution in [2.24, 2.45) is 0 Å². The molecule has 0 unspecified atom stereocenters. The molecule has 0 spiro atoms. The Morgan fingerprint density at radius 3 is 2.58 bits per heavy atom. The third kappa shape index (κ3) is 5.81. The number of sulfonamides is 1. The second-order valence-corrected chi connectivity index (χ2v) is 10.4. The maximum Gasteiger partial charge on any atom is 0.240 e. The van der Waals surface area contributed by atoms with Crippen molar-refractivity contribution in [3.8, 4) is 5.75 Å². The van der Waals surface area contributed by atoms with Crippen molar-refractivity contribution in [3.63, 3.8) is 0 Å². The second kappa shape index (κ2) is 10.5. The molecule has 1 N–H and O–H groups in total. The van der Waals surface area contributed by atoms with Gasteiger partial charge >= 0.3 is 0 Å². The minimum Gasteiger partial charge on any atom is -0.497 e. The normalized spacial score (nSPS) is 14.5. The van der Waals surface area contributed by atoms with Gasteiger partial charge in [-0.3, -0.25) is 4.79 Å². The van der Waals surface area contributed by atoms with Gasteiger partial charge in [-0.2, -0.15) is 9.61 Å². The molecule has 1 saturated heterocycles. The number of ether oxygens (including phenoxy) is 1. The molecule has 0 saturated carbocycles. The molecule has 0 aliphatic carbocycles. The van der Waals surface area contributed by atoms with Crippen molar-refractivity contribution in [2.45, 2.75) is 35.6 Å². The maximum absolute atomic E-state index is 12.5. The van der Waals surface area contributed by atoms with Crippen LogP contribution in [0.2, 0.25) is 0 Å². The summed E-state index contributed by atoms with van der Waals surface area (Å²) in [6, 6.07) is 9.78. The number of aromatic nitrogens is 4. The third-order valence-electron chi connectivity index (χ3n) is 5.37. The van der Waals surface area contributed by atoms with Crippen LogP contribution in [-0.4, -0.2) is 71.5 Å². The fourth-order valence-electron chi connectivity index (χ4n) is 3.56. The van der Waals surface area contributed by atoms with Crippen LogP contribution in [0.3, 0.4) is 0 Å². The van der Waals surface area contributed by atoms with E-state index in [9.17, 15) is 13.2 Å². The fourth-order valence-corrected chi connectivity index (χ4v) is 5.34. The summed E-state index contributed by atoms with van der Waals surface area (Å²) in [5, 5.41) is 13.5. The van der Waals surface area contributed by atoms with E-state index in [0.717, 1.165) is 25.9 Å². The van der Waals surface area contributed by atoms with Gasteiger partial charge in [-0.1, -0.05) is 11.8 Å². The molecule has 1 fully saturated rings. The Morgan fingerprint density at radius 2 is 1.85 bits per heavy atom. The predicted molar refractivity (Wildman–Crippen MR) is 124 cm³/mol. The Balaban J connectivity index is 1.36. The number of hydrogen-bond donors (Lipinski definition) is 1. The Labute approximate surface area is 196 Å². The van der Waals surface area contributed by atoms with Gasteiger partial charge in [0.2, 0.25) is 15.9 Å². The van der Waals surface area contributed by atoms with E-state index in [1.54, 1.807) is 22.7 Å². The molecule has 1 aliphatic rings. The molecule has 1 amide bonds. The highest BCUT2D eigenvalue weighted by molar-refractivity contribution is 7.99. The minimum atomic E-state index is -3.66. The molecular formula is C21H26N6O4S2. The summed E-state index contributed by atoms with van der Waals surface area (Å²) in [4.78, 5) is 14.5. The number of benzene rings is 1. The van der Waals surface area contributed by atoms with Gasteiger partial charge in [-0.15, -0.1) is 10.2 Å². The molecule has 10 nitrogen and oxygen atoms in total. The van der Waals surface area contributed by atoms with Crippen molar-refractivity contribution in [3.05, 3.63) is 42.2 Å². The number of methoxy groups -OCH3 is 1. The topological polar surface area (TPSA) is 119 Å². The minimum absolute atomic E-state index is 0.124. The molecule has 176 valence electrons. The molecule has 0 atom stereocenters. The van der Waals surface area contributed by atoms with E-state index in [4.69, 9.17) is 4.74 Å². The first-order valence-electron chi connectivity index (χ1n) is 10.7. The van der Waals surface area contributed by atoms with E-state index in [-0.39, 0.29) is 17.3 Å². The molecule has 12 heteroatoms. The highest BCUT2D eigenvalue weighted by Crippen LogP contribution is 2.19. The summed E-state index contributed by atoms with van der Waals surface area (Å²) < 4.78 is 34.2. The summed E-state index contributed by atoms with van der Waals surface area (Å²) in [7, 11) is -2.14. The van der Waals surface area contributed by atoms with Crippen molar-refractivity contribution in [2.75, 3.05) is 32.5 Å². The number of fused-ring (bicyclic) bond motifs is 1. The molecule has 4 rings (SSSR count). The van der Waals surface area contributed by atoms with Gasteiger partial charge in [0, 0.05) is 26.1 Å². The lowest BCUT2D eigenvalue weighted by molar-refractivity contribution is -0.129. The van der Waals surface area contributed by atoms with E-state index in [0.29, 0.717) is 34.4 Å². The lowest BCUT2D eigenvalue weighted by atomic mass is 10.1. The molecule has 3 heterocycles. The first kappa shape index (κ1) is 23.5. The average Bonchev–Trinajstić information content (AvgIpc) is 3.25. The van der Waals surface area contributed by atoms with Crippen LogP contribution in [0.4, 0.5) is 0 Å². The van der Waals surface area contributed by atoms with Gasteiger partial charge in [0.05, 0.1) is 17.8 Å². The van der Waals surface area contributed by atoms with E-state index in [1.807, 2.05) is 11.0 Å². The number of carbonyl (C=O) groups excluding carboxylic acids is 1. The van der Waals surface area contributed by atoms with Crippen LogP contribution in [-0.2, 0) is 21.2 Å². The van der Waals surface area contributed by atoms with Crippen LogP contribution >= 0.6 is 11.8 Å². The average molecular weight is 491 g/mol. The van der Waals surface area contributed by atoms with Crippen molar-refractivity contribution in [1.29, 1.82) is 0 Å². The first-order valence-corrected chi connectivity index (χ1v) is 13.2. The molecule has 3 aromatic rings. The van der Waals surface area contributed by atoms with Crippen LogP contribution in [0.25, 0.3) is 5.65 Å². The monoisotopic (exact) mass is 490 g/mol. The van der Waals surface area contributed by atoms with Crippen LogP contribution in [0, 0.1) is 0 Å². The number of thioether (sulfide) groups is 1. The van der Waals surface area contributed by atoms with Gasteiger partial charge in [-0.05, 0) is 55.7 Å². The van der Waals surface area contributed by atoms with Gasteiger partial charge in [-0.25, -0.2) is 13.1 Å². The Morgan fingerprint density at radius 1 is 1.09 bits per heavy atom. The predicted octanol–water partition coefficient (Wildman–Crippen LogP) is 1.76. The van der Waals surface area contributed by atoms with Gasteiger partial charge in [0.15, 0.2) is 11.5 Å². The number of nitrogens with one attached hydrogen (secondary N) is 1. The van der Waals surface area contributed by atoms with Gasteiger partial charge < -0.3 is 9.64 Å². The molecule has 0 bridgehead atoms. The molecule has 1 aliphatic heterocycles. The first-order chi connectivity index (χ1) is 16.0. The van der Waals surface area contributed by atoms with E-state index in [1.165, 1.54) is 37.4 Å². The maximum atomic E-state index is 12.5. The van der Waals surface area contributed by atoms with Crippen molar-refractivity contribution >= 4 is 33.3 Å². The zero-order valence-electron chi connectivity index (χ0n) is 18.3. The smallest absolute Gasteiger partial charge is 0.240 e. The number of likely N-dealkylation sites (tertiary alicyclic amines) is 1. The highest BCUT2D eigenvalue weighted by atomic mass is 32.2. The number of hydrogen-bond acceptors (Lipinski definition) is 8. The standard InChI is InChI=1S/C21H26N6O4S2/c1-31-16-5-7-17(8-6-16)33(29,30)22-12-11-19-24-23-18-9-10-20(25-27(18)19)32-15-21(28)26-13-3-2-4-14-26/h5-10,22H,2-4,11-15H2,1H3. The van der Waals surface area contributed by atoms with Crippen molar-refractivity contribution in [1.82, 2.24) is 29.4 Å². The Bertz CT molecular complexity index is 1210. The summed E-state index contributed by atoms with van der Waals surface area (Å²) in [5.41, 5.74) is 0.565. The summed E-state index contributed by atoms with van der Waals surface area (Å²) >= 11 is 1.38. The van der Waals surface area contributed by atoms with Gasteiger partial charge in [0.1, 0.15) is 10.8 Å². The Hall–Kier alpha value is -2.70. The third-order valence-corrected chi connectivity index (χ3v) is 7.75. The molecule has 0 radical (unpaired) electrons. The molecule has 2 aromatic heterocycles. The zero-order chi connectivity index (χ0) is 23.3. The number of nitrogens with zero attached hydrogens (tertiary/aromatic N) is 5. The number of carbonyl (C=O) groups is 1. The quantitative estimate of drug-likeness (QED) is 0.451. The largest absolute Gasteiger partial charge is 0.497 e. The van der Waals surface area contributed by atoms with Crippen LogP contribution in [0.5, 0.6) is 5.75 Å². The molecular weight excluding hydrogens is 464 g/mol. The fraction of sp³-hybridized carbons (Fsp3) is 0.429. The van der Waals surface area contributed by atoms with E-state index < -0.39 is 10.0 Å². The lowest BCUT2D eigenvalue weighted by Crippen LogP contribution is -2.36.